The van der Waals surface area contributed by atoms with Crippen LogP contribution in [0.2, 0.25) is 0 Å². The monoisotopic (exact) mass is 248 g/mol. The lowest BCUT2D eigenvalue weighted by Gasteiger charge is -2.21. The van der Waals surface area contributed by atoms with Gasteiger partial charge in [-0.25, -0.2) is 4.98 Å². The van der Waals surface area contributed by atoms with Gasteiger partial charge in [0.1, 0.15) is 5.01 Å². The molecule has 1 atom stereocenters. The number of hydrogen-bond donors (Lipinski definition) is 1. The molecule has 0 spiro atoms. The normalized spacial score (nSPS) is 14.2. The highest BCUT2D eigenvalue weighted by Crippen LogP contribution is 2.28. The van der Waals surface area contributed by atoms with E-state index in [0.717, 1.165) is 23.8 Å². The van der Waals surface area contributed by atoms with E-state index < -0.39 is 11.6 Å². The average molecular weight is 248 g/mol. The van der Waals surface area contributed by atoms with Gasteiger partial charge in [-0.2, -0.15) is 0 Å². The molecule has 1 unspecified atom stereocenters. The maximum atomic E-state index is 10.8. The fraction of sp³-hybridized carbons (Fsp3) is 0.167. The Morgan fingerprint density at radius 3 is 2.65 bits per heavy atom. The number of carboxylic acid groups (broad SMARTS) is 1. The minimum atomic E-state index is -2.04. The lowest BCUT2D eigenvalue weighted by Crippen LogP contribution is -2.43. The van der Waals surface area contributed by atoms with Gasteiger partial charge in [-0.1, -0.05) is 30.3 Å². The lowest BCUT2D eigenvalue weighted by molar-refractivity contribution is -0.324. The first-order valence-corrected chi connectivity index (χ1v) is 5.85. The zero-order chi connectivity index (χ0) is 12.5. The summed E-state index contributed by atoms with van der Waals surface area (Å²) in [5.74, 6) is -1.55. The minimum Gasteiger partial charge on any atom is -0.547 e. The lowest BCUT2D eigenvalue weighted by atomic mass is 10.1. The van der Waals surface area contributed by atoms with Crippen molar-refractivity contribution in [2.75, 3.05) is 0 Å². The molecule has 2 rings (SSSR count). The standard InChI is InChI=1S/C12H11NO3S/c1-12(16,11(14)15)10-13-9(7-17-10)8-5-3-2-4-6-8/h2-7,16H,1H3,(H,14,15)/p-1. The van der Waals surface area contributed by atoms with Crippen molar-refractivity contribution in [2.24, 2.45) is 0 Å². The SMILES string of the molecule is CC(O)(C(=O)[O-])c1nc(-c2ccccc2)cs1. The molecule has 0 amide bonds. The topological polar surface area (TPSA) is 73.2 Å². The van der Waals surface area contributed by atoms with E-state index in [1.165, 1.54) is 0 Å². The van der Waals surface area contributed by atoms with E-state index >= 15 is 0 Å². The third-order valence-corrected chi connectivity index (χ3v) is 3.44. The number of benzene rings is 1. The van der Waals surface area contributed by atoms with Crippen LogP contribution in [0.4, 0.5) is 0 Å². The molecular weight excluding hydrogens is 238 g/mol. The quantitative estimate of drug-likeness (QED) is 0.870. The van der Waals surface area contributed by atoms with Gasteiger partial charge in [0.2, 0.25) is 0 Å². The second-order valence-electron chi connectivity index (χ2n) is 3.76. The van der Waals surface area contributed by atoms with E-state index in [-0.39, 0.29) is 5.01 Å². The number of aliphatic hydroxyl groups is 1. The molecule has 1 heterocycles. The largest absolute Gasteiger partial charge is 0.547 e. The van der Waals surface area contributed by atoms with E-state index in [1.807, 2.05) is 30.3 Å². The minimum absolute atomic E-state index is 0.122. The summed E-state index contributed by atoms with van der Waals surface area (Å²) in [6.07, 6.45) is 0. The molecule has 0 aliphatic carbocycles. The molecule has 1 aromatic heterocycles. The van der Waals surface area contributed by atoms with E-state index in [2.05, 4.69) is 4.98 Å². The number of carbonyl (C=O) groups is 1. The first kappa shape index (κ1) is 11.8. The van der Waals surface area contributed by atoms with Crippen LogP contribution in [-0.4, -0.2) is 16.1 Å². The number of nitrogens with zero attached hydrogens (tertiary/aromatic N) is 1. The number of aliphatic carboxylic acids is 1. The van der Waals surface area contributed by atoms with Crippen molar-refractivity contribution in [3.8, 4) is 11.3 Å². The summed E-state index contributed by atoms with van der Waals surface area (Å²) >= 11 is 1.10. The molecular formula is C12H10NO3S-. The molecule has 2 aromatic rings. The molecule has 0 saturated carbocycles. The summed E-state index contributed by atoms with van der Waals surface area (Å²) < 4.78 is 0. The van der Waals surface area contributed by atoms with Crippen molar-refractivity contribution in [1.29, 1.82) is 0 Å². The Morgan fingerprint density at radius 1 is 1.41 bits per heavy atom. The first-order valence-electron chi connectivity index (χ1n) is 4.97. The zero-order valence-corrected chi connectivity index (χ0v) is 9.90. The summed E-state index contributed by atoms with van der Waals surface area (Å²) in [4.78, 5) is 14.9. The first-order chi connectivity index (χ1) is 8.01. The van der Waals surface area contributed by atoms with E-state index in [0.29, 0.717) is 5.69 Å². The summed E-state index contributed by atoms with van der Waals surface area (Å²) in [6.45, 7) is 1.16. The summed E-state index contributed by atoms with van der Waals surface area (Å²) in [5.41, 5.74) is -0.520. The summed E-state index contributed by atoms with van der Waals surface area (Å²) in [6, 6.07) is 9.35. The highest BCUT2D eigenvalue weighted by atomic mass is 32.1. The molecule has 0 bridgehead atoms. The number of aromatic nitrogens is 1. The zero-order valence-electron chi connectivity index (χ0n) is 9.08. The van der Waals surface area contributed by atoms with Crippen LogP contribution in [0.1, 0.15) is 11.9 Å². The fourth-order valence-corrected chi connectivity index (χ4v) is 2.20. The Hall–Kier alpha value is -1.72. The van der Waals surface area contributed by atoms with Gasteiger partial charge in [0.25, 0.3) is 0 Å². The fourth-order valence-electron chi connectivity index (χ4n) is 1.33. The summed E-state index contributed by atoms with van der Waals surface area (Å²) in [7, 11) is 0. The predicted octanol–water partition coefficient (Wildman–Crippen LogP) is 0.767. The highest BCUT2D eigenvalue weighted by Gasteiger charge is 2.28. The van der Waals surface area contributed by atoms with Crippen molar-refractivity contribution < 1.29 is 15.0 Å². The van der Waals surface area contributed by atoms with E-state index in [9.17, 15) is 15.0 Å². The van der Waals surface area contributed by atoms with Crippen LogP contribution in [0.5, 0.6) is 0 Å². The Bertz CT molecular complexity index is 534. The van der Waals surface area contributed by atoms with Gasteiger partial charge in [-0.05, 0) is 6.92 Å². The van der Waals surface area contributed by atoms with Gasteiger partial charge in [-0.15, -0.1) is 11.3 Å². The second-order valence-corrected chi connectivity index (χ2v) is 4.62. The van der Waals surface area contributed by atoms with Crippen molar-refractivity contribution in [3.63, 3.8) is 0 Å². The number of hydrogen-bond acceptors (Lipinski definition) is 5. The Kier molecular flexibility index (Phi) is 2.95. The van der Waals surface area contributed by atoms with Crippen LogP contribution in [0.3, 0.4) is 0 Å². The third kappa shape index (κ3) is 2.20. The third-order valence-electron chi connectivity index (χ3n) is 2.39. The molecule has 0 fully saturated rings. The van der Waals surface area contributed by atoms with Crippen molar-refractivity contribution >= 4 is 17.3 Å². The van der Waals surface area contributed by atoms with Crippen molar-refractivity contribution in [3.05, 3.63) is 40.7 Å². The van der Waals surface area contributed by atoms with Gasteiger partial charge in [0.15, 0.2) is 5.60 Å². The molecule has 1 N–H and O–H groups in total. The molecule has 0 aliphatic rings. The Labute approximate surface area is 102 Å². The molecule has 0 aliphatic heterocycles. The van der Waals surface area contributed by atoms with Gasteiger partial charge in [0, 0.05) is 10.9 Å². The molecule has 1 aromatic carbocycles. The van der Waals surface area contributed by atoms with Gasteiger partial charge in [-0.3, -0.25) is 0 Å². The van der Waals surface area contributed by atoms with E-state index in [1.54, 1.807) is 5.38 Å². The average Bonchev–Trinajstić information content (AvgIpc) is 2.80. The molecule has 5 heteroatoms. The number of rotatable bonds is 3. The summed E-state index contributed by atoms with van der Waals surface area (Å²) in [5, 5.41) is 22.3. The van der Waals surface area contributed by atoms with Crippen LogP contribution in [-0.2, 0) is 10.4 Å². The highest BCUT2D eigenvalue weighted by molar-refractivity contribution is 7.10. The van der Waals surface area contributed by atoms with E-state index in [4.69, 9.17) is 0 Å². The molecule has 0 radical (unpaired) electrons. The molecule has 88 valence electrons. The Balaban J connectivity index is 2.38. The molecule has 4 nitrogen and oxygen atoms in total. The Morgan fingerprint density at radius 2 is 2.06 bits per heavy atom. The van der Waals surface area contributed by atoms with Crippen molar-refractivity contribution in [1.82, 2.24) is 4.98 Å². The van der Waals surface area contributed by atoms with Crippen LogP contribution < -0.4 is 5.11 Å². The molecule has 0 saturated heterocycles. The van der Waals surface area contributed by atoms with Crippen LogP contribution in [0, 0.1) is 0 Å². The van der Waals surface area contributed by atoms with Gasteiger partial charge < -0.3 is 15.0 Å². The maximum Gasteiger partial charge on any atom is 0.152 e. The predicted molar refractivity (Wildman–Crippen MR) is 62.1 cm³/mol. The number of carbonyl (C=O) groups excluding carboxylic acids is 1. The van der Waals surface area contributed by atoms with Crippen LogP contribution in [0.25, 0.3) is 11.3 Å². The maximum absolute atomic E-state index is 10.8. The smallest absolute Gasteiger partial charge is 0.152 e. The van der Waals surface area contributed by atoms with Crippen LogP contribution >= 0.6 is 11.3 Å². The van der Waals surface area contributed by atoms with Crippen LogP contribution in [0.15, 0.2) is 35.7 Å². The van der Waals surface area contributed by atoms with Gasteiger partial charge >= 0.3 is 0 Å². The van der Waals surface area contributed by atoms with Gasteiger partial charge in [0.05, 0.1) is 11.7 Å². The second kappa shape index (κ2) is 4.27. The molecule has 17 heavy (non-hydrogen) atoms. The van der Waals surface area contributed by atoms with Crippen molar-refractivity contribution in [2.45, 2.75) is 12.5 Å². The number of carboxylic acids is 1. The number of thiazole rings is 1.